The van der Waals surface area contributed by atoms with Gasteiger partial charge in [0, 0.05) is 18.4 Å². The van der Waals surface area contributed by atoms with Gasteiger partial charge in [-0.2, -0.15) is 0 Å². The van der Waals surface area contributed by atoms with Crippen LogP contribution in [0.4, 0.5) is 0 Å². The van der Waals surface area contributed by atoms with Crippen molar-refractivity contribution in [3.05, 3.63) is 80.3 Å². The predicted molar refractivity (Wildman–Crippen MR) is 129 cm³/mol. The molecule has 0 spiro atoms. The van der Waals surface area contributed by atoms with Crippen LogP contribution in [0.15, 0.2) is 63.7 Å². The zero-order valence-corrected chi connectivity index (χ0v) is 20.9. The molecule has 0 amide bonds. The van der Waals surface area contributed by atoms with Crippen LogP contribution in [-0.4, -0.2) is 26.0 Å². The summed E-state index contributed by atoms with van der Waals surface area (Å²) in [7, 11) is 2.81. The molecular weight excluding hydrogens is 502 g/mol. The number of ketones is 1. The second kappa shape index (κ2) is 9.93. The van der Waals surface area contributed by atoms with Crippen molar-refractivity contribution >= 4 is 27.7 Å². The van der Waals surface area contributed by atoms with Crippen molar-refractivity contribution < 1.29 is 28.5 Å². The molecule has 2 aliphatic rings. The number of Topliss-reactive ketones (excluding diaryl/α,β-unsaturated/α-hetero) is 1. The highest BCUT2D eigenvalue weighted by atomic mass is 79.9. The number of benzene rings is 2. The Morgan fingerprint density at radius 1 is 1.18 bits per heavy atom. The van der Waals surface area contributed by atoms with Crippen LogP contribution in [0, 0.1) is 6.92 Å². The number of ether oxygens (including phenoxy) is 4. The van der Waals surface area contributed by atoms with E-state index in [0.29, 0.717) is 58.7 Å². The van der Waals surface area contributed by atoms with Crippen molar-refractivity contribution in [3.8, 4) is 11.5 Å². The summed E-state index contributed by atoms with van der Waals surface area (Å²) in [4.78, 5) is 25.6. The van der Waals surface area contributed by atoms with Crippen LogP contribution >= 0.6 is 15.9 Å². The lowest BCUT2D eigenvalue weighted by atomic mass is 9.77. The summed E-state index contributed by atoms with van der Waals surface area (Å²) in [5.41, 5.74) is 9.49. The maximum atomic E-state index is 12.9. The Hall–Kier alpha value is -3.26. The number of rotatable bonds is 6. The minimum Gasteiger partial charge on any atom is -0.493 e. The molecule has 1 heterocycles. The van der Waals surface area contributed by atoms with Crippen LogP contribution in [0.5, 0.6) is 11.5 Å². The van der Waals surface area contributed by atoms with Crippen molar-refractivity contribution in [1.29, 1.82) is 0 Å². The SMILES string of the molecule is COC(=O)C1=C(N)OC2=C(C(=O)CCC2)[C@H]1c1cc(Br)c(OCc2ccc(C)cc2)c(OC)c1. The van der Waals surface area contributed by atoms with Gasteiger partial charge in [-0.1, -0.05) is 29.8 Å². The maximum absolute atomic E-state index is 12.9. The Kier molecular flexibility index (Phi) is 6.97. The molecule has 0 aromatic heterocycles. The van der Waals surface area contributed by atoms with E-state index in [2.05, 4.69) is 15.9 Å². The number of nitrogens with two attached hydrogens (primary N) is 1. The summed E-state index contributed by atoms with van der Waals surface area (Å²) in [5, 5.41) is 0. The minimum absolute atomic E-state index is 0.0555. The topological polar surface area (TPSA) is 97.1 Å². The summed E-state index contributed by atoms with van der Waals surface area (Å²) in [5.74, 6) is -0.0467. The normalized spacial score (nSPS) is 17.8. The summed E-state index contributed by atoms with van der Waals surface area (Å²) >= 11 is 3.58. The highest BCUT2D eigenvalue weighted by Gasteiger charge is 2.41. The second-order valence-electron chi connectivity index (χ2n) is 8.23. The fraction of sp³-hybridized carbons (Fsp3) is 0.308. The molecule has 8 heteroatoms. The fourth-order valence-corrected chi connectivity index (χ4v) is 4.86. The average Bonchev–Trinajstić information content (AvgIpc) is 2.82. The molecule has 2 aromatic rings. The van der Waals surface area contributed by atoms with Crippen molar-refractivity contribution in [2.24, 2.45) is 5.73 Å². The van der Waals surface area contributed by atoms with Gasteiger partial charge >= 0.3 is 5.97 Å². The molecule has 1 aliphatic carbocycles. The van der Waals surface area contributed by atoms with Gasteiger partial charge < -0.3 is 24.7 Å². The molecule has 4 rings (SSSR count). The molecule has 2 aromatic carbocycles. The number of hydrogen-bond acceptors (Lipinski definition) is 7. The van der Waals surface area contributed by atoms with Gasteiger partial charge in [-0.05, 0) is 52.5 Å². The van der Waals surface area contributed by atoms with Gasteiger partial charge in [0.15, 0.2) is 17.3 Å². The van der Waals surface area contributed by atoms with Gasteiger partial charge in [0.2, 0.25) is 5.88 Å². The molecular formula is C26H26BrNO6. The van der Waals surface area contributed by atoms with E-state index < -0.39 is 11.9 Å². The summed E-state index contributed by atoms with van der Waals surface area (Å²) < 4.78 is 23.0. The smallest absolute Gasteiger partial charge is 0.340 e. The second-order valence-corrected chi connectivity index (χ2v) is 9.08. The first-order valence-electron chi connectivity index (χ1n) is 10.9. The molecule has 0 fully saturated rings. The summed E-state index contributed by atoms with van der Waals surface area (Å²) in [6, 6.07) is 11.6. The van der Waals surface area contributed by atoms with Crippen LogP contribution in [-0.2, 0) is 25.7 Å². The monoisotopic (exact) mass is 527 g/mol. The van der Waals surface area contributed by atoms with E-state index >= 15 is 0 Å². The van der Waals surface area contributed by atoms with Crippen LogP contribution < -0.4 is 15.2 Å². The van der Waals surface area contributed by atoms with Gasteiger partial charge in [-0.15, -0.1) is 0 Å². The van der Waals surface area contributed by atoms with E-state index in [-0.39, 0.29) is 17.2 Å². The number of carbonyl (C=O) groups is 2. The molecule has 0 saturated carbocycles. The van der Waals surface area contributed by atoms with Gasteiger partial charge in [0.1, 0.15) is 17.9 Å². The van der Waals surface area contributed by atoms with E-state index in [1.165, 1.54) is 19.8 Å². The third-order valence-electron chi connectivity index (χ3n) is 5.98. The Bertz CT molecular complexity index is 1200. The van der Waals surface area contributed by atoms with E-state index in [1.807, 2.05) is 37.3 Å². The molecule has 0 radical (unpaired) electrons. The third kappa shape index (κ3) is 4.55. The number of aryl methyl sites for hydroxylation is 1. The maximum Gasteiger partial charge on any atom is 0.340 e. The largest absolute Gasteiger partial charge is 0.493 e. The zero-order chi connectivity index (χ0) is 24.4. The Morgan fingerprint density at radius 2 is 1.91 bits per heavy atom. The number of halogens is 1. The lowest BCUT2D eigenvalue weighted by Gasteiger charge is -2.32. The highest BCUT2D eigenvalue weighted by molar-refractivity contribution is 9.10. The Balaban J connectivity index is 1.76. The molecule has 2 N–H and O–H groups in total. The number of esters is 1. The molecule has 34 heavy (non-hydrogen) atoms. The van der Waals surface area contributed by atoms with Crippen LogP contribution in [0.3, 0.4) is 0 Å². The quantitative estimate of drug-likeness (QED) is 0.538. The van der Waals surface area contributed by atoms with Crippen molar-refractivity contribution in [2.45, 2.75) is 38.7 Å². The van der Waals surface area contributed by atoms with E-state index in [9.17, 15) is 9.59 Å². The molecule has 178 valence electrons. The Labute approximate surface area is 206 Å². The fourth-order valence-electron chi connectivity index (χ4n) is 4.28. The van der Waals surface area contributed by atoms with Crippen molar-refractivity contribution in [3.63, 3.8) is 0 Å². The van der Waals surface area contributed by atoms with Crippen LogP contribution in [0.25, 0.3) is 0 Å². The summed E-state index contributed by atoms with van der Waals surface area (Å²) in [6.45, 7) is 2.38. The van der Waals surface area contributed by atoms with Crippen molar-refractivity contribution in [2.75, 3.05) is 14.2 Å². The molecule has 0 saturated heterocycles. The number of methoxy groups -OCH3 is 2. The number of hydrogen-bond donors (Lipinski definition) is 1. The zero-order valence-electron chi connectivity index (χ0n) is 19.3. The number of carbonyl (C=O) groups excluding carboxylic acids is 2. The molecule has 1 atom stereocenters. The minimum atomic E-state index is -0.736. The lowest BCUT2D eigenvalue weighted by molar-refractivity contribution is -0.136. The third-order valence-corrected chi connectivity index (χ3v) is 6.57. The lowest BCUT2D eigenvalue weighted by Crippen LogP contribution is -2.31. The van der Waals surface area contributed by atoms with Gasteiger partial charge in [-0.25, -0.2) is 4.79 Å². The molecule has 1 aliphatic heterocycles. The van der Waals surface area contributed by atoms with Gasteiger partial charge in [0.05, 0.1) is 24.6 Å². The van der Waals surface area contributed by atoms with Gasteiger partial charge in [0.25, 0.3) is 0 Å². The van der Waals surface area contributed by atoms with Crippen LogP contribution in [0.1, 0.15) is 41.9 Å². The highest BCUT2D eigenvalue weighted by Crippen LogP contribution is 2.47. The van der Waals surface area contributed by atoms with Crippen LogP contribution in [0.2, 0.25) is 0 Å². The number of allylic oxidation sites excluding steroid dienone is 2. The Morgan fingerprint density at radius 3 is 2.59 bits per heavy atom. The predicted octanol–water partition coefficient (Wildman–Crippen LogP) is 4.81. The van der Waals surface area contributed by atoms with E-state index in [0.717, 1.165) is 5.56 Å². The molecule has 0 bridgehead atoms. The van der Waals surface area contributed by atoms with Gasteiger partial charge in [-0.3, -0.25) is 4.79 Å². The molecule has 0 unspecified atom stereocenters. The standard InChI is InChI=1S/C26H26BrNO6/c1-14-7-9-15(10-8-14)13-33-24-17(27)11-16(12-20(24)31-2)21-22-18(29)5-4-6-19(22)34-25(28)23(21)26(30)32-3/h7-12,21H,4-6,13,28H2,1-3H3/t21-/m1/s1. The summed E-state index contributed by atoms with van der Waals surface area (Å²) in [6.07, 6.45) is 1.62. The van der Waals surface area contributed by atoms with E-state index in [1.54, 1.807) is 6.07 Å². The first-order valence-corrected chi connectivity index (χ1v) is 11.7. The van der Waals surface area contributed by atoms with E-state index in [4.69, 9.17) is 24.7 Å². The first-order chi connectivity index (χ1) is 16.3. The first kappa shape index (κ1) is 23.9. The molecule has 7 nitrogen and oxygen atoms in total. The average molecular weight is 528 g/mol. The van der Waals surface area contributed by atoms with Crippen molar-refractivity contribution in [1.82, 2.24) is 0 Å².